The quantitative estimate of drug-likeness (QED) is 0.550. The molecular formula is C22H21NO6. The predicted molar refractivity (Wildman–Crippen MR) is 106 cm³/mol. The lowest BCUT2D eigenvalue weighted by Gasteiger charge is -2.07. The number of rotatable bonds is 9. The fraction of sp³-hybridized carbons (Fsp3) is 0.182. The summed E-state index contributed by atoms with van der Waals surface area (Å²) in [5, 5.41) is 2.64. The van der Waals surface area contributed by atoms with Crippen molar-refractivity contribution in [2.24, 2.45) is 0 Å². The minimum absolute atomic E-state index is 0.00512. The molecule has 7 nitrogen and oxygen atoms in total. The SMILES string of the molecule is CCOc1ccc(NC(=O)COC(=O)c2ccc(COc3ccccc3)o2)cc1. The average Bonchev–Trinajstić information content (AvgIpc) is 3.22. The van der Waals surface area contributed by atoms with Crippen molar-refractivity contribution in [2.45, 2.75) is 13.5 Å². The topological polar surface area (TPSA) is 87.0 Å². The molecule has 7 heteroatoms. The van der Waals surface area contributed by atoms with E-state index in [4.69, 9.17) is 18.6 Å². The van der Waals surface area contributed by atoms with E-state index in [1.807, 2.05) is 37.3 Å². The number of anilines is 1. The molecule has 3 aromatic rings. The Balaban J connectivity index is 1.44. The second-order valence-corrected chi connectivity index (χ2v) is 5.95. The van der Waals surface area contributed by atoms with Gasteiger partial charge in [-0.25, -0.2) is 4.79 Å². The van der Waals surface area contributed by atoms with Gasteiger partial charge >= 0.3 is 5.97 Å². The molecule has 29 heavy (non-hydrogen) atoms. The summed E-state index contributed by atoms with van der Waals surface area (Å²) in [6.45, 7) is 2.20. The lowest BCUT2D eigenvalue weighted by atomic mass is 10.3. The number of esters is 1. The fourth-order valence-corrected chi connectivity index (χ4v) is 2.44. The molecule has 0 bridgehead atoms. The molecular weight excluding hydrogens is 374 g/mol. The lowest BCUT2D eigenvalue weighted by Crippen LogP contribution is -2.20. The van der Waals surface area contributed by atoms with Crippen LogP contribution in [0.1, 0.15) is 23.2 Å². The fourth-order valence-electron chi connectivity index (χ4n) is 2.44. The first-order valence-corrected chi connectivity index (χ1v) is 9.10. The third-order valence-electron chi connectivity index (χ3n) is 3.77. The van der Waals surface area contributed by atoms with Gasteiger partial charge in [-0.2, -0.15) is 0 Å². The van der Waals surface area contributed by atoms with Crippen molar-refractivity contribution in [2.75, 3.05) is 18.5 Å². The van der Waals surface area contributed by atoms with E-state index in [2.05, 4.69) is 5.32 Å². The zero-order valence-corrected chi connectivity index (χ0v) is 15.9. The number of benzene rings is 2. The van der Waals surface area contributed by atoms with E-state index in [-0.39, 0.29) is 12.4 Å². The van der Waals surface area contributed by atoms with Crippen molar-refractivity contribution in [1.29, 1.82) is 0 Å². The van der Waals surface area contributed by atoms with Gasteiger partial charge in [-0.3, -0.25) is 4.79 Å². The predicted octanol–water partition coefficient (Wildman–Crippen LogP) is 4.05. The van der Waals surface area contributed by atoms with Crippen LogP contribution in [-0.2, 0) is 16.1 Å². The summed E-state index contributed by atoms with van der Waals surface area (Å²) in [7, 11) is 0. The molecule has 0 fully saturated rings. The molecule has 0 aliphatic rings. The number of hydrogen-bond acceptors (Lipinski definition) is 6. The number of carbonyl (C=O) groups is 2. The van der Waals surface area contributed by atoms with Crippen molar-refractivity contribution >= 4 is 17.6 Å². The van der Waals surface area contributed by atoms with Crippen LogP contribution in [0, 0.1) is 0 Å². The van der Waals surface area contributed by atoms with Crippen LogP contribution >= 0.6 is 0 Å². The molecule has 0 aliphatic heterocycles. The number of ether oxygens (including phenoxy) is 3. The first-order valence-electron chi connectivity index (χ1n) is 9.10. The average molecular weight is 395 g/mol. The van der Waals surface area contributed by atoms with Gasteiger partial charge in [-0.15, -0.1) is 0 Å². The highest BCUT2D eigenvalue weighted by Gasteiger charge is 2.15. The number of carbonyl (C=O) groups excluding carboxylic acids is 2. The van der Waals surface area contributed by atoms with Crippen LogP contribution in [0.25, 0.3) is 0 Å². The number of furan rings is 1. The summed E-state index contributed by atoms with van der Waals surface area (Å²) in [5.41, 5.74) is 0.577. The van der Waals surface area contributed by atoms with Gasteiger partial charge in [0.25, 0.3) is 5.91 Å². The van der Waals surface area contributed by atoms with Gasteiger partial charge in [0.1, 0.15) is 23.9 Å². The van der Waals surface area contributed by atoms with Crippen LogP contribution in [0.4, 0.5) is 5.69 Å². The highest BCUT2D eigenvalue weighted by Crippen LogP contribution is 2.16. The minimum atomic E-state index is -0.724. The maximum Gasteiger partial charge on any atom is 0.374 e. The summed E-state index contributed by atoms with van der Waals surface area (Å²) in [6, 6.07) is 19.3. The Morgan fingerprint density at radius 1 is 0.897 bits per heavy atom. The van der Waals surface area contributed by atoms with E-state index in [0.717, 1.165) is 0 Å². The number of para-hydroxylation sites is 1. The zero-order valence-electron chi connectivity index (χ0n) is 15.9. The highest BCUT2D eigenvalue weighted by molar-refractivity contribution is 5.94. The molecule has 1 heterocycles. The molecule has 0 aliphatic carbocycles. The molecule has 2 aromatic carbocycles. The zero-order chi connectivity index (χ0) is 20.5. The summed E-state index contributed by atoms with van der Waals surface area (Å²) < 4.78 is 21.3. The first-order chi connectivity index (χ1) is 14.1. The first kappa shape index (κ1) is 20.0. The smallest absolute Gasteiger partial charge is 0.374 e. The maximum atomic E-state index is 12.1. The standard InChI is InChI=1S/C22H21NO6/c1-2-26-18-10-8-16(9-11-18)23-21(24)15-28-22(25)20-13-12-19(29-20)14-27-17-6-4-3-5-7-17/h3-13H,2,14-15H2,1H3,(H,23,24). The van der Waals surface area contributed by atoms with E-state index in [0.29, 0.717) is 29.6 Å². The summed E-state index contributed by atoms with van der Waals surface area (Å²) in [6.07, 6.45) is 0. The Morgan fingerprint density at radius 2 is 1.62 bits per heavy atom. The van der Waals surface area contributed by atoms with Crippen LogP contribution in [0.3, 0.4) is 0 Å². The molecule has 0 saturated carbocycles. The number of nitrogens with one attached hydrogen (secondary N) is 1. The number of hydrogen-bond donors (Lipinski definition) is 1. The molecule has 1 aromatic heterocycles. The molecule has 1 N–H and O–H groups in total. The summed E-state index contributed by atoms with van der Waals surface area (Å²) in [4.78, 5) is 24.0. The third-order valence-corrected chi connectivity index (χ3v) is 3.77. The highest BCUT2D eigenvalue weighted by atomic mass is 16.6. The Labute approximate surface area is 168 Å². The van der Waals surface area contributed by atoms with Gasteiger partial charge in [0.05, 0.1) is 6.61 Å². The van der Waals surface area contributed by atoms with Crippen molar-refractivity contribution in [3.63, 3.8) is 0 Å². The molecule has 0 spiro atoms. The Kier molecular flexibility index (Phi) is 6.89. The molecule has 0 saturated heterocycles. The van der Waals surface area contributed by atoms with Crippen molar-refractivity contribution in [1.82, 2.24) is 0 Å². The maximum absolute atomic E-state index is 12.1. The molecule has 0 radical (unpaired) electrons. The van der Waals surface area contributed by atoms with Crippen LogP contribution < -0.4 is 14.8 Å². The van der Waals surface area contributed by atoms with Gasteiger partial charge in [-0.1, -0.05) is 18.2 Å². The Morgan fingerprint density at radius 3 is 2.34 bits per heavy atom. The van der Waals surface area contributed by atoms with Crippen LogP contribution in [0.15, 0.2) is 71.1 Å². The molecule has 150 valence electrons. The van der Waals surface area contributed by atoms with Gasteiger partial charge < -0.3 is 23.9 Å². The van der Waals surface area contributed by atoms with Crippen molar-refractivity contribution in [3.05, 3.63) is 78.3 Å². The lowest BCUT2D eigenvalue weighted by molar-refractivity contribution is -0.119. The molecule has 0 unspecified atom stereocenters. The Hall–Kier alpha value is -3.74. The normalized spacial score (nSPS) is 10.2. The van der Waals surface area contributed by atoms with Crippen LogP contribution in [0.5, 0.6) is 11.5 Å². The van der Waals surface area contributed by atoms with Crippen molar-refractivity contribution in [3.8, 4) is 11.5 Å². The van der Waals surface area contributed by atoms with Gasteiger partial charge in [0.15, 0.2) is 6.61 Å². The van der Waals surface area contributed by atoms with Crippen molar-refractivity contribution < 1.29 is 28.2 Å². The monoisotopic (exact) mass is 395 g/mol. The van der Waals surface area contributed by atoms with Gasteiger partial charge in [-0.05, 0) is 55.5 Å². The summed E-state index contributed by atoms with van der Waals surface area (Å²) >= 11 is 0. The minimum Gasteiger partial charge on any atom is -0.494 e. The van der Waals surface area contributed by atoms with E-state index in [9.17, 15) is 9.59 Å². The van der Waals surface area contributed by atoms with E-state index in [1.54, 1.807) is 30.3 Å². The second-order valence-electron chi connectivity index (χ2n) is 5.95. The van der Waals surface area contributed by atoms with Crippen LogP contribution in [-0.4, -0.2) is 25.1 Å². The van der Waals surface area contributed by atoms with Crippen LogP contribution in [0.2, 0.25) is 0 Å². The molecule has 3 rings (SSSR count). The largest absolute Gasteiger partial charge is 0.494 e. The van der Waals surface area contributed by atoms with E-state index < -0.39 is 18.5 Å². The third kappa shape index (κ3) is 6.14. The van der Waals surface area contributed by atoms with Gasteiger partial charge in [0, 0.05) is 5.69 Å². The Bertz CT molecular complexity index is 933. The molecule has 0 atom stereocenters. The van der Waals surface area contributed by atoms with E-state index in [1.165, 1.54) is 6.07 Å². The number of amides is 1. The molecule has 1 amide bonds. The van der Waals surface area contributed by atoms with Gasteiger partial charge in [0.2, 0.25) is 5.76 Å². The second kappa shape index (κ2) is 9.98. The summed E-state index contributed by atoms with van der Waals surface area (Å²) in [5.74, 6) is 0.699. The van der Waals surface area contributed by atoms with E-state index >= 15 is 0 Å².